The minimum atomic E-state index is 0.103. The van der Waals surface area contributed by atoms with Gasteiger partial charge in [0.2, 0.25) is 0 Å². The Morgan fingerprint density at radius 3 is 2.64 bits per heavy atom. The summed E-state index contributed by atoms with van der Waals surface area (Å²) in [5, 5.41) is 8.16. The van der Waals surface area contributed by atoms with E-state index in [2.05, 4.69) is 23.0 Å². The molecule has 2 aromatic heterocycles. The molecular formula is C19H26N2O2S2. The van der Waals surface area contributed by atoms with Gasteiger partial charge in [-0.15, -0.1) is 22.7 Å². The van der Waals surface area contributed by atoms with Crippen molar-refractivity contribution in [3.63, 3.8) is 0 Å². The first-order chi connectivity index (χ1) is 12.3. The molecule has 0 saturated carbocycles. The molecule has 0 fully saturated rings. The van der Waals surface area contributed by atoms with Gasteiger partial charge in [0.1, 0.15) is 12.2 Å². The van der Waals surface area contributed by atoms with E-state index in [4.69, 9.17) is 15.2 Å². The lowest BCUT2D eigenvalue weighted by Gasteiger charge is -2.24. The van der Waals surface area contributed by atoms with E-state index in [0.717, 1.165) is 45.6 Å². The molecule has 0 aromatic carbocycles. The van der Waals surface area contributed by atoms with E-state index in [1.807, 2.05) is 22.7 Å². The molecule has 4 rings (SSSR count). The van der Waals surface area contributed by atoms with Crippen LogP contribution in [-0.2, 0) is 28.7 Å². The van der Waals surface area contributed by atoms with Gasteiger partial charge < -0.3 is 20.5 Å². The van der Waals surface area contributed by atoms with Gasteiger partial charge in [-0.05, 0) is 65.7 Å². The zero-order valence-corrected chi connectivity index (χ0v) is 16.3. The van der Waals surface area contributed by atoms with Crippen LogP contribution in [0.4, 0.5) is 0 Å². The molecule has 2 aliphatic heterocycles. The number of fused-ring (bicyclic) bond motifs is 2. The van der Waals surface area contributed by atoms with Crippen molar-refractivity contribution in [3.8, 4) is 0 Å². The number of aryl methyl sites for hydroxylation is 1. The average Bonchev–Trinajstić information content (AvgIpc) is 3.23. The second kappa shape index (κ2) is 7.86. The van der Waals surface area contributed by atoms with Crippen LogP contribution in [0.3, 0.4) is 0 Å². The fourth-order valence-corrected chi connectivity index (χ4v) is 6.19. The van der Waals surface area contributed by atoms with E-state index < -0.39 is 0 Å². The van der Waals surface area contributed by atoms with Crippen molar-refractivity contribution in [1.29, 1.82) is 0 Å². The molecule has 6 heteroatoms. The highest BCUT2D eigenvalue weighted by atomic mass is 32.1. The van der Waals surface area contributed by atoms with Gasteiger partial charge in [-0.2, -0.15) is 0 Å². The molecule has 25 heavy (non-hydrogen) atoms. The normalized spacial score (nSPS) is 22.6. The Bertz CT molecular complexity index is 725. The number of nitrogens with one attached hydrogen (secondary N) is 1. The van der Waals surface area contributed by atoms with E-state index in [1.165, 1.54) is 32.0 Å². The van der Waals surface area contributed by atoms with E-state index in [0.29, 0.717) is 6.54 Å². The molecule has 3 N–H and O–H groups in total. The summed E-state index contributed by atoms with van der Waals surface area (Å²) in [6.07, 6.45) is 3.47. The molecule has 0 amide bonds. The van der Waals surface area contributed by atoms with Crippen molar-refractivity contribution in [3.05, 3.63) is 42.8 Å². The summed E-state index contributed by atoms with van der Waals surface area (Å²) in [4.78, 5) is 2.77. The van der Waals surface area contributed by atoms with Crippen LogP contribution in [0.15, 0.2) is 10.8 Å². The van der Waals surface area contributed by atoms with Crippen molar-refractivity contribution >= 4 is 22.7 Å². The summed E-state index contributed by atoms with van der Waals surface area (Å²) >= 11 is 3.66. The highest BCUT2D eigenvalue weighted by Gasteiger charge is 2.25. The van der Waals surface area contributed by atoms with Gasteiger partial charge >= 0.3 is 0 Å². The lowest BCUT2D eigenvalue weighted by atomic mass is 10.0. The molecule has 0 aliphatic carbocycles. The fraction of sp³-hybridized carbons (Fsp3) is 0.579. The van der Waals surface area contributed by atoms with Gasteiger partial charge in [0, 0.05) is 22.8 Å². The Balaban J connectivity index is 1.32. The maximum atomic E-state index is 5.99. The van der Waals surface area contributed by atoms with E-state index in [-0.39, 0.29) is 12.2 Å². The minimum Gasteiger partial charge on any atom is -0.371 e. The second-order valence-electron chi connectivity index (χ2n) is 6.77. The van der Waals surface area contributed by atoms with Crippen molar-refractivity contribution in [2.24, 2.45) is 5.73 Å². The average molecular weight is 379 g/mol. The molecule has 2 atom stereocenters. The first-order valence-electron chi connectivity index (χ1n) is 9.08. The number of rotatable bonds is 6. The first-order valence-corrected chi connectivity index (χ1v) is 10.8. The molecule has 0 spiro atoms. The lowest BCUT2D eigenvalue weighted by Crippen LogP contribution is -2.28. The monoisotopic (exact) mass is 378 g/mol. The highest BCUT2D eigenvalue weighted by Crippen LogP contribution is 2.35. The zero-order valence-electron chi connectivity index (χ0n) is 14.7. The summed E-state index contributed by atoms with van der Waals surface area (Å²) in [5.74, 6) is 0. The van der Waals surface area contributed by atoms with Gasteiger partial charge in [-0.1, -0.05) is 0 Å². The fourth-order valence-electron chi connectivity index (χ4n) is 3.82. The molecule has 2 aliphatic rings. The minimum absolute atomic E-state index is 0.103. The Hall–Kier alpha value is -0.760. The standard InChI is InChI=1S/C19H26N2O2S2/c1-12-10-24-18-14(12)3-6-23-17(18)9-21-5-2-13-11-25-19-15(13)4-7-22-16(19)8-20/h10-11,16-17,21H,2-9,20H2,1H3. The predicted octanol–water partition coefficient (Wildman–Crippen LogP) is 3.14. The number of nitrogens with two attached hydrogens (primary N) is 1. The van der Waals surface area contributed by atoms with Gasteiger partial charge in [0.25, 0.3) is 0 Å². The van der Waals surface area contributed by atoms with Gasteiger partial charge in [0.05, 0.1) is 13.2 Å². The molecule has 2 aromatic rings. The Labute approximate surface area is 157 Å². The maximum absolute atomic E-state index is 5.99. The van der Waals surface area contributed by atoms with Crippen LogP contribution in [0.5, 0.6) is 0 Å². The summed E-state index contributed by atoms with van der Waals surface area (Å²) in [7, 11) is 0. The highest BCUT2D eigenvalue weighted by molar-refractivity contribution is 7.10. The smallest absolute Gasteiger partial charge is 0.104 e. The first kappa shape index (κ1) is 17.6. The summed E-state index contributed by atoms with van der Waals surface area (Å²) in [5.41, 5.74) is 11.7. The Kier molecular flexibility index (Phi) is 5.55. The molecule has 4 heterocycles. The van der Waals surface area contributed by atoms with Crippen LogP contribution in [-0.4, -0.2) is 32.8 Å². The summed E-state index contributed by atoms with van der Waals surface area (Å²) < 4.78 is 11.8. The SMILES string of the molecule is Cc1csc2c1CCOC2CNCCc1csc2c1CCOC2CN. The van der Waals surface area contributed by atoms with Gasteiger partial charge in [-0.3, -0.25) is 0 Å². The van der Waals surface area contributed by atoms with Crippen molar-refractivity contribution in [2.45, 2.75) is 38.4 Å². The largest absolute Gasteiger partial charge is 0.371 e. The van der Waals surface area contributed by atoms with Gasteiger partial charge in [0.15, 0.2) is 0 Å². The third-order valence-electron chi connectivity index (χ3n) is 5.19. The van der Waals surface area contributed by atoms with Crippen molar-refractivity contribution < 1.29 is 9.47 Å². The molecule has 136 valence electrons. The lowest BCUT2D eigenvalue weighted by molar-refractivity contribution is 0.0455. The molecular weight excluding hydrogens is 352 g/mol. The van der Waals surface area contributed by atoms with Crippen LogP contribution >= 0.6 is 22.7 Å². The third-order valence-corrected chi connectivity index (χ3v) is 7.59. The Morgan fingerprint density at radius 2 is 1.80 bits per heavy atom. The predicted molar refractivity (Wildman–Crippen MR) is 104 cm³/mol. The van der Waals surface area contributed by atoms with Crippen LogP contribution in [0.1, 0.15) is 44.2 Å². The van der Waals surface area contributed by atoms with E-state index in [1.54, 1.807) is 0 Å². The quantitative estimate of drug-likeness (QED) is 0.758. The topological polar surface area (TPSA) is 56.5 Å². The molecule has 0 bridgehead atoms. The Morgan fingerprint density at radius 1 is 1.08 bits per heavy atom. The molecule has 2 unspecified atom stereocenters. The van der Waals surface area contributed by atoms with Gasteiger partial charge in [-0.25, -0.2) is 0 Å². The zero-order chi connectivity index (χ0) is 17.2. The molecule has 4 nitrogen and oxygen atoms in total. The van der Waals surface area contributed by atoms with Crippen molar-refractivity contribution in [2.75, 3.05) is 32.8 Å². The number of ether oxygens (including phenoxy) is 2. The third kappa shape index (κ3) is 3.56. The van der Waals surface area contributed by atoms with E-state index >= 15 is 0 Å². The number of hydrogen-bond donors (Lipinski definition) is 2. The van der Waals surface area contributed by atoms with Crippen molar-refractivity contribution in [1.82, 2.24) is 5.32 Å². The second-order valence-corrected chi connectivity index (χ2v) is 8.60. The summed E-state index contributed by atoms with van der Waals surface area (Å²) in [6, 6.07) is 0. The maximum Gasteiger partial charge on any atom is 0.104 e. The van der Waals surface area contributed by atoms with Crippen LogP contribution in [0.25, 0.3) is 0 Å². The van der Waals surface area contributed by atoms with Crippen LogP contribution in [0.2, 0.25) is 0 Å². The molecule has 0 radical (unpaired) electrons. The molecule has 0 saturated heterocycles. The van der Waals surface area contributed by atoms with Crippen LogP contribution < -0.4 is 11.1 Å². The number of hydrogen-bond acceptors (Lipinski definition) is 6. The summed E-state index contributed by atoms with van der Waals surface area (Å²) in [6.45, 7) is 6.30. The number of thiophene rings is 2. The van der Waals surface area contributed by atoms with Crippen LogP contribution in [0, 0.1) is 6.92 Å². The van der Waals surface area contributed by atoms with E-state index in [9.17, 15) is 0 Å².